The zero-order valence-corrected chi connectivity index (χ0v) is 17.8. The maximum atomic E-state index is 13.2. The van der Waals surface area contributed by atoms with E-state index in [1.165, 1.54) is 6.08 Å². The first-order valence-electron chi connectivity index (χ1n) is 10.5. The lowest BCUT2D eigenvalue weighted by atomic mass is 10.0. The molecule has 0 bridgehead atoms. The molecule has 162 valence electrons. The summed E-state index contributed by atoms with van der Waals surface area (Å²) in [5.41, 5.74) is 0.393. The van der Waals surface area contributed by atoms with Crippen molar-refractivity contribution in [3.05, 3.63) is 42.7 Å². The van der Waals surface area contributed by atoms with Gasteiger partial charge in [-0.25, -0.2) is 12.7 Å². The van der Waals surface area contributed by atoms with Gasteiger partial charge in [0.1, 0.15) is 5.69 Å². The molecule has 2 amide bonds. The van der Waals surface area contributed by atoms with Crippen molar-refractivity contribution in [1.29, 1.82) is 0 Å². The molecular weight excluding hydrogens is 404 g/mol. The third-order valence-electron chi connectivity index (χ3n) is 6.64. The number of piperidine rings is 1. The minimum atomic E-state index is -3.39. The van der Waals surface area contributed by atoms with Crippen LogP contribution in [0.1, 0.15) is 36.2 Å². The summed E-state index contributed by atoms with van der Waals surface area (Å²) in [5.74, 6) is 0.271. The van der Waals surface area contributed by atoms with Crippen molar-refractivity contribution >= 4 is 21.8 Å². The highest BCUT2D eigenvalue weighted by Crippen LogP contribution is 2.40. The van der Waals surface area contributed by atoms with Gasteiger partial charge in [-0.3, -0.25) is 14.6 Å². The molecule has 1 N–H and O–H groups in total. The number of likely N-dealkylation sites (tertiary alicyclic amines) is 1. The van der Waals surface area contributed by atoms with Crippen LogP contribution in [-0.4, -0.2) is 71.9 Å². The second kappa shape index (κ2) is 8.47. The molecule has 2 aliphatic heterocycles. The van der Waals surface area contributed by atoms with Crippen molar-refractivity contribution < 1.29 is 18.0 Å². The van der Waals surface area contributed by atoms with Gasteiger partial charge in [-0.2, -0.15) is 0 Å². The van der Waals surface area contributed by atoms with E-state index in [9.17, 15) is 18.0 Å². The molecule has 8 nitrogen and oxygen atoms in total. The van der Waals surface area contributed by atoms with E-state index in [4.69, 9.17) is 0 Å². The number of fused-ring (bicyclic) bond motifs is 1. The number of aromatic nitrogens is 1. The normalized spacial score (nSPS) is 27.6. The molecule has 3 heterocycles. The first-order valence-corrected chi connectivity index (χ1v) is 12.0. The highest BCUT2D eigenvalue weighted by molar-refractivity contribution is 7.89. The van der Waals surface area contributed by atoms with Gasteiger partial charge in [-0.15, -0.1) is 0 Å². The highest BCUT2D eigenvalue weighted by Gasteiger charge is 2.47. The third kappa shape index (κ3) is 4.13. The van der Waals surface area contributed by atoms with Crippen molar-refractivity contribution in [2.24, 2.45) is 11.8 Å². The third-order valence-corrected chi connectivity index (χ3v) is 8.98. The molecule has 0 spiro atoms. The van der Waals surface area contributed by atoms with Crippen LogP contribution in [0.15, 0.2) is 37.1 Å². The minimum Gasteiger partial charge on any atom is -0.350 e. The van der Waals surface area contributed by atoms with Crippen LogP contribution in [-0.2, 0) is 14.8 Å². The first kappa shape index (κ1) is 21.0. The van der Waals surface area contributed by atoms with E-state index in [0.29, 0.717) is 56.6 Å². The monoisotopic (exact) mass is 432 g/mol. The van der Waals surface area contributed by atoms with Gasteiger partial charge < -0.3 is 10.2 Å². The van der Waals surface area contributed by atoms with Crippen LogP contribution in [0.2, 0.25) is 0 Å². The molecule has 2 atom stereocenters. The highest BCUT2D eigenvalue weighted by atomic mass is 32.2. The largest absolute Gasteiger partial charge is 0.350 e. The summed E-state index contributed by atoms with van der Waals surface area (Å²) in [7, 11) is -3.39. The standard InChI is InChI=1S/C21H28N4O4S/c1-2-20(26)23-17-11-15-13-25(14-16(15)12-17)30(28,29)18-6-9-24(10-7-18)21(27)19-5-3-4-8-22-19/h2-5,8,15-18H,1,6-7,9-14H2,(H,23,26). The second-order valence-corrected chi connectivity index (χ2v) is 10.7. The molecule has 30 heavy (non-hydrogen) atoms. The van der Waals surface area contributed by atoms with Gasteiger partial charge in [0.2, 0.25) is 15.9 Å². The van der Waals surface area contributed by atoms with E-state index in [2.05, 4.69) is 16.9 Å². The van der Waals surface area contributed by atoms with Gasteiger partial charge in [0.15, 0.2) is 0 Å². The Labute approximate surface area is 177 Å². The Morgan fingerprint density at radius 3 is 2.37 bits per heavy atom. The zero-order chi connectivity index (χ0) is 21.3. The Bertz CT molecular complexity index is 898. The summed E-state index contributed by atoms with van der Waals surface area (Å²) in [6, 6.07) is 5.32. The van der Waals surface area contributed by atoms with Crippen LogP contribution in [0.4, 0.5) is 0 Å². The van der Waals surface area contributed by atoms with Gasteiger partial charge in [-0.05, 0) is 55.7 Å². The molecule has 3 aliphatic rings. The topological polar surface area (TPSA) is 99.7 Å². The number of pyridine rings is 1. The fourth-order valence-corrected chi connectivity index (χ4v) is 7.09. The minimum absolute atomic E-state index is 0.108. The van der Waals surface area contributed by atoms with E-state index in [1.807, 2.05) is 0 Å². The summed E-state index contributed by atoms with van der Waals surface area (Å²) >= 11 is 0. The van der Waals surface area contributed by atoms with Crippen molar-refractivity contribution in [2.45, 2.75) is 37.0 Å². The number of hydrogen-bond donors (Lipinski definition) is 1. The Hall–Kier alpha value is -2.26. The van der Waals surface area contributed by atoms with E-state index in [0.717, 1.165) is 12.8 Å². The number of carbonyl (C=O) groups is 2. The Morgan fingerprint density at radius 2 is 1.80 bits per heavy atom. The first-order chi connectivity index (χ1) is 14.4. The molecule has 0 aromatic carbocycles. The maximum Gasteiger partial charge on any atom is 0.272 e. The van der Waals surface area contributed by atoms with E-state index < -0.39 is 15.3 Å². The van der Waals surface area contributed by atoms with E-state index in [-0.39, 0.29) is 17.9 Å². The van der Waals surface area contributed by atoms with Crippen LogP contribution in [0.25, 0.3) is 0 Å². The number of nitrogens with zero attached hydrogens (tertiary/aromatic N) is 3. The SMILES string of the molecule is C=CC(=O)NC1CC2CN(S(=O)(=O)C3CCN(C(=O)c4ccccn4)CC3)CC2C1. The molecule has 4 rings (SSSR count). The van der Waals surface area contributed by atoms with Crippen molar-refractivity contribution in [3.63, 3.8) is 0 Å². The summed E-state index contributed by atoms with van der Waals surface area (Å²) in [6.45, 7) is 5.39. The van der Waals surface area contributed by atoms with Crippen molar-refractivity contribution in [2.75, 3.05) is 26.2 Å². The molecule has 1 aliphatic carbocycles. The van der Waals surface area contributed by atoms with Gasteiger partial charge in [0.25, 0.3) is 5.91 Å². The number of amides is 2. The Balaban J connectivity index is 1.31. The molecule has 2 saturated heterocycles. The van der Waals surface area contributed by atoms with Gasteiger partial charge in [0, 0.05) is 38.4 Å². The van der Waals surface area contributed by atoms with Crippen LogP contribution >= 0.6 is 0 Å². The second-order valence-electron chi connectivity index (χ2n) is 8.47. The van der Waals surface area contributed by atoms with Crippen LogP contribution in [0.3, 0.4) is 0 Å². The quantitative estimate of drug-likeness (QED) is 0.701. The molecule has 1 aromatic rings. The fourth-order valence-electron chi connectivity index (χ4n) is 5.06. The lowest BCUT2D eigenvalue weighted by Gasteiger charge is -2.33. The van der Waals surface area contributed by atoms with E-state index >= 15 is 0 Å². The molecule has 1 aromatic heterocycles. The predicted octanol–water partition coefficient (Wildman–Crippen LogP) is 1.03. The number of sulfonamides is 1. The molecule has 1 saturated carbocycles. The van der Waals surface area contributed by atoms with Crippen molar-refractivity contribution in [3.8, 4) is 0 Å². The lowest BCUT2D eigenvalue weighted by molar-refractivity contribution is -0.117. The number of hydrogen-bond acceptors (Lipinski definition) is 5. The molecule has 3 fully saturated rings. The van der Waals surface area contributed by atoms with Crippen molar-refractivity contribution in [1.82, 2.24) is 19.5 Å². The lowest BCUT2D eigenvalue weighted by Crippen LogP contribution is -2.47. The molecule has 2 unspecified atom stereocenters. The smallest absolute Gasteiger partial charge is 0.272 e. The number of nitrogens with one attached hydrogen (secondary N) is 1. The maximum absolute atomic E-state index is 13.2. The molecule has 9 heteroatoms. The summed E-state index contributed by atoms with van der Waals surface area (Å²) < 4.78 is 28.0. The molecular formula is C21H28N4O4S. The van der Waals surface area contributed by atoms with Crippen LogP contribution in [0.5, 0.6) is 0 Å². The van der Waals surface area contributed by atoms with Gasteiger partial charge >= 0.3 is 0 Å². The Kier molecular flexibility index (Phi) is 5.92. The van der Waals surface area contributed by atoms with Crippen LogP contribution < -0.4 is 5.32 Å². The summed E-state index contributed by atoms with van der Waals surface area (Å²) in [6.07, 6.45) is 5.38. The van der Waals surface area contributed by atoms with E-state index in [1.54, 1.807) is 33.6 Å². The summed E-state index contributed by atoms with van der Waals surface area (Å²) in [4.78, 5) is 29.8. The Morgan fingerprint density at radius 1 is 1.13 bits per heavy atom. The zero-order valence-electron chi connectivity index (χ0n) is 16.9. The summed E-state index contributed by atoms with van der Waals surface area (Å²) in [5, 5.41) is 2.49. The number of carbonyl (C=O) groups excluding carboxylic acids is 2. The number of rotatable bonds is 5. The molecule has 0 radical (unpaired) electrons. The predicted molar refractivity (Wildman–Crippen MR) is 112 cm³/mol. The average Bonchev–Trinajstić information content (AvgIpc) is 3.33. The fraction of sp³-hybridized carbons (Fsp3) is 0.571. The average molecular weight is 433 g/mol. The van der Waals surface area contributed by atoms with Crippen LogP contribution in [0, 0.1) is 11.8 Å². The van der Waals surface area contributed by atoms with Gasteiger partial charge in [-0.1, -0.05) is 12.6 Å². The van der Waals surface area contributed by atoms with Gasteiger partial charge in [0.05, 0.1) is 5.25 Å².